The number of aromatic nitrogens is 3. The molecule has 0 aliphatic rings. The van der Waals surface area contributed by atoms with Crippen LogP contribution in [0.25, 0.3) is 27.5 Å². The molecule has 0 aliphatic heterocycles. The van der Waals surface area contributed by atoms with Crippen molar-refractivity contribution >= 4 is 33.4 Å². The Labute approximate surface area is 202 Å². The number of hydrogen-bond donors (Lipinski definition) is 0. The van der Waals surface area contributed by atoms with Gasteiger partial charge in [0.25, 0.3) is 11.5 Å². The van der Waals surface area contributed by atoms with Crippen LogP contribution in [0.5, 0.6) is 5.75 Å². The summed E-state index contributed by atoms with van der Waals surface area (Å²) in [5.41, 5.74) is 4.58. The number of hydrogen-bond acceptors (Lipinski definition) is 4. The molecule has 0 unspecified atom stereocenters. The number of nitrogens with zero attached hydrogens (tertiary/aromatic N) is 4. The lowest BCUT2D eigenvalue weighted by atomic mass is 10.1. The summed E-state index contributed by atoms with van der Waals surface area (Å²) in [7, 11) is 5.17. The smallest absolute Gasteiger partial charge is 0.296 e. The zero-order chi connectivity index (χ0) is 24.9. The lowest BCUT2D eigenvalue weighted by Gasteiger charge is -2.21. The average Bonchev–Trinajstić information content (AvgIpc) is 3.18. The predicted molar refractivity (Wildman–Crippen MR) is 139 cm³/mol. The van der Waals surface area contributed by atoms with Crippen LogP contribution in [0.3, 0.4) is 0 Å². The van der Waals surface area contributed by atoms with Crippen molar-refractivity contribution in [3.63, 3.8) is 0 Å². The maximum Gasteiger partial charge on any atom is 0.296 e. The van der Waals surface area contributed by atoms with Crippen LogP contribution in [0.1, 0.15) is 21.6 Å². The normalized spacial score (nSPS) is 11.2. The van der Waals surface area contributed by atoms with Crippen molar-refractivity contribution in [1.29, 1.82) is 0 Å². The van der Waals surface area contributed by atoms with Crippen molar-refractivity contribution < 1.29 is 9.53 Å². The van der Waals surface area contributed by atoms with Gasteiger partial charge in [0.05, 0.1) is 12.8 Å². The van der Waals surface area contributed by atoms with Gasteiger partial charge < -0.3 is 14.2 Å². The second-order valence-corrected chi connectivity index (χ2v) is 8.72. The van der Waals surface area contributed by atoms with Gasteiger partial charge in [-0.05, 0) is 61.4 Å². The summed E-state index contributed by atoms with van der Waals surface area (Å²) in [5, 5.41) is 6.02. The van der Waals surface area contributed by atoms with E-state index in [4.69, 9.17) is 4.74 Å². The van der Waals surface area contributed by atoms with Gasteiger partial charge >= 0.3 is 0 Å². The minimum absolute atomic E-state index is 0.218. The molecule has 2 aromatic heterocycles. The number of carbonyl (C=O) groups excluding carboxylic acids is 1. The van der Waals surface area contributed by atoms with Crippen molar-refractivity contribution in [1.82, 2.24) is 14.3 Å². The molecule has 35 heavy (non-hydrogen) atoms. The zero-order valence-electron chi connectivity index (χ0n) is 20.4. The van der Waals surface area contributed by atoms with Crippen molar-refractivity contribution in [3.05, 3.63) is 93.9 Å². The number of carbonyl (C=O) groups is 1. The fourth-order valence-electron chi connectivity index (χ4n) is 4.58. The Bertz CT molecular complexity index is 1660. The zero-order valence-corrected chi connectivity index (χ0v) is 20.4. The average molecular weight is 467 g/mol. The molecule has 7 heteroatoms. The topological polar surface area (TPSA) is 69.4 Å². The monoisotopic (exact) mass is 466 g/mol. The van der Waals surface area contributed by atoms with Crippen LogP contribution in [-0.4, -0.2) is 34.4 Å². The second-order valence-electron chi connectivity index (χ2n) is 8.72. The summed E-state index contributed by atoms with van der Waals surface area (Å²) in [6.45, 7) is 3.96. The first kappa shape index (κ1) is 22.4. The van der Waals surface area contributed by atoms with E-state index >= 15 is 0 Å². The van der Waals surface area contributed by atoms with Gasteiger partial charge in [0.2, 0.25) is 0 Å². The molecule has 0 spiro atoms. The molecule has 7 nitrogen and oxygen atoms in total. The first-order valence-corrected chi connectivity index (χ1v) is 11.3. The number of aryl methyl sites for hydroxylation is 3. The number of ether oxygens (including phenoxy) is 1. The van der Waals surface area contributed by atoms with E-state index in [9.17, 15) is 9.59 Å². The van der Waals surface area contributed by atoms with Crippen LogP contribution >= 0.6 is 0 Å². The Balaban J connectivity index is 1.82. The fraction of sp³-hybridized carbons (Fsp3) is 0.179. The number of benzene rings is 3. The van der Waals surface area contributed by atoms with E-state index in [-0.39, 0.29) is 17.2 Å². The molecule has 0 bridgehead atoms. The second kappa shape index (κ2) is 8.43. The molecule has 0 aliphatic carbocycles. The van der Waals surface area contributed by atoms with Crippen molar-refractivity contribution in [2.24, 2.45) is 7.05 Å². The first-order chi connectivity index (χ1) is 16.8. The maximum atomic E-state index is 14.0. The van der Waals surface area contributed by atoms with Gasteiger partial charge in [-0.1, -0.05) is 30.3 Å². The molecule has 3 aromatic carbocycles. The number of para-hydroxylation sites is 1. The van der Waals surface area contributed by atoms with Gasteiger partial charge in [-0.15, -0.1) is 0 Å². The van der Waals surface area contributed by atoms with Crippen LogP contribution in [0.4, 0.5) is 5.69 Å². The Morgan fingerprint density at radius 3 is 2.43 bits per heavy atom. The van der Waals surface area contributed by atoms with E-state index in [0.717, 1.165) is 27.7 Å². The molecule has 0 saturated carbocycles. The molecular formula is C28H26N4O3. The highest BCUT2D eigenvalue weighted by molar-refractivity contribution is 6.20. The number of rotatable bonds is 4. The first-order valence-electron chi connectivity index (χ1n) is 11.3. The predicted octanol–water partition coefficient (Wildman–Crippen LogP) is 4.78. The largest absolute Gasteiger partial charge is 0.497 e. The third-order valence-corrected chi connectivity index (χ3v) is 6.49. The van der Waals surface area contributed by atoms with E-state index in [1.54, 1.807) is 43.3 Å². The Hall–Kier alpha value is -4.39. The molecule has 2 heterocycles. The quantitative estimate of drug-likeness (QED) is 0.382. The fourth-order valence-corrected chi connectivity index (χ4v) is 4.58. The molecule has 5 rings (SSSR count). The highest BCUT2D eigenvalue weighted by atomic mass is 16.5. The lowest BCUT2D eigenvalue weighted by Crippen LogP contribution is -2.32. The minimum atomic E-state index is -0.296. The summed E-state index contributed by atoms with van der Waals surface area (Å²) < 4.78 is 8.39. The van der Waals surface area contributed by atoms with Gasteiger partial charge in [-0.3, -0.25) is 9.59 Å². The molecule has 0 N–H and O–H groups in total. The number of methoxy groups -OCH3 is 1. The highest BCUT2D eigenvalue weighted by Crippen LogP contribution is 2.30. The van der Waals surface area contributed by atoms with Crippen molar-refractivity contribution in [2.75, 3.05) is 19.1 Å². The molecule has 1 amide bonds. The van der Waals surface area contributed by atoms with Crippen LogP contribution < -0.4 is 15.2 Å². The van der Waals surface area contributed by atoms with Gasteiger partial charge in [-0.25, -0.2) is 0 Å². The van der Waals surface area contributed by atoms with Crippen LogP contribution in [-0.2, 0) is 7.05 Å². The standard InChI is InChI=1S/C28H26N4O3/c1-17-10-11-18(2)23(16-17)31(4)27(33)25-24-21-8-6-7-9-22(21)30(3)26(24)28(34)32(29-25)19-12-14-20(35-5)15-13-19/h6-16H,1-5H3. The van der Waals surface area contributed by atoms with Gasteiger partial charge in [0, 0.05) is 36.1 Å². The Morgan fingerprint density at radius 2 is 1.71 bits per heavy atom. The summed E-state index contributed by atoms with van der Waals surface area (Å²) in [4.78, 5) is 29.3. The summed E-state index contributed by atoms with van der Waals surface area (Å²) >= 11 is 0. The van der Waals surface area contributed by atoms with E-state index in [1.807, 2.05) is 67.9 Å². The SMILES string of the molecule is COc1ccc(-n2nc(C(=O)N(C)c3cc(C)ccc3C)c3c4ccccc4n(C)c3c2=O)cc1. The summed E-state index contributed by atoms with van der Waals surface area (Å²) in [6, 6.07) is 20.7. The number of anilines is 1. The Morgan fingerprint density at radius 1 is 1.00 bits per heavy atom. The molecule has 5 aromatic rings. The van der Waals surface area contributed by atoms with E-state index in [1.165, 1.54) is 4.68 Å². The molecule has 0 atom stereocenters. The Kier molecular flexibility index (Phi) is 5.40. The molecular weight excluding hydrogens is 440 g/mol. The van der Waals surface area contributed by atoms with E-state index in [2.05, 4.69) is 5.10 Å². The van der Waals surface area contributed by atoms with Crippen LogP contribution in [0.2, 0.25) is 0 Å². The summed E-state index contributed by atoms with van der Waals surface area (Å²) in [5.74, 6) is 0.376. The lowest BCUT2D eigenvalue weighted by molar-refractivity contribution is 0.0988. The van der Waals surface area contributed by atoms with Crippen LogP contribution in [0, 0.1) is 13.8 Å². The third-order valence-electron chi connectivity index (χ3n) is 6.49. The minimum Gasteiger partial charge on any atom is -0.497 e. The van der Waals surface area contributed by atoms with Crippen LogP contribution in [0.15, 0.2) is 71.5 Å². The molecule has 176 valence electrons. The highest BCUT2D eigenvalue weighted by Gasteiger charge is 2.26. The van der Waals surface area contributed by atoms with Gasteiger partial charge in [0.15, 0.2) is 5.69 Å². The van der Waals surface area contributed by atoms with Crippen molar-refractivity contribution in [2.45, 2.75) is 13.8 Å². The van der Waals surface area contributed by atoms with Gasteiger partial charge in [0.1, 0.15) is 11.3 Å². The maximum absolute atomic E-state index is 14.0. The number of amides is 1. The van der Waals surface area contributed by atoms with Gasteiger partial charge in [-0.2, -0.15) is 9.78 Å². The van der Waals surface area contributed by atoms with E-state index in [0.29, 0.717) is 22.3 Å². The van der Waals surface area contributed by atoms with Crippen molar-refractivity contribution in [3.8, 4) is 11.4 Å². The molecule has 0 fully saturated rings. The molecule has 0 radical (unpaired) electrons. The van der Waals surface area contributed by atoms with E-state index < -0.39 is 0 Å². The third kappa shape index (κ3) is 3.56. The summed E-state index contributed by atoms with van der Waals surface area (Å²) in [6.07, 6.45) is 0. The molecule has 0 saturated heterocycles. The number of fused-ring (bicyclic) bond motifs is 3.